The van der Waals surface area contributed by atoms with Crippen LogP contribution >= 0.6 is 12.2 Å². The van der Waals surface area contributed by atoms with Gasteiger partial charge in [0.25, 0.3) is 5.91 Å². The molecular formula is C9H7F2N3O3S. The van der Waals surface area contributed by atoms with Crippen LogP contribution in [0.15, 0.2) is 12.1 Å². The topological polar surface area (TPSA) is 104 Å². The second-order valence-electron chi connectivity index (χ2n) is 3.06. The SMILES string of the molecule is NC(=S)NNC(=O)c1cc(F)c(F)cc1C(=O)O. The fraction of sp³-hybridized carbons (Fsp3) is 0. The minimum atomic E-state index is -1.57. The van der Waals surface area contributed by atoms with Gasteiger partial charge in [-0.05, 0) is 24.4 Å². The largest absolute Gasteiger partial charge is 0.478 e. The molecule has 96 valence electrons. The molecule has 18 heavy (non-hydrogen) atoms. The zero-order valence-corrected chi connectivity index (χ0v) is 9.48. The lowest BCUT2D eigenvalue weighted by Gasteiger charge is -2.09. The van der Waals surface area contributed by atoms with E-state index in [0.29, 0.717) is 12.1 Å². The minimum Gasteiger partial charge on any atom is -0.478 e. The molecule has 0 fully saturated rings. The molecule has 0 aliphatic rings. The lowest BCUT2D eigenvalue weighted by molar-refractivity contribution is 0.0690. The van der Waals surface area contributed by atoms with Gasteiger partial charge >= 0.3 is 5.97 Å². The number of thiocarbonyl (C=S) groups is 1. The Morgan fingerprint density at radius 2 is 1.67 bits per heavy atom. The Morgan fingerprint density at radius 1 is 1.17 bits per heavy atom. The first kappa shape index (κ1) is 13.8. The quantitative estimate of drug-likeness (QED) is 0.452. The van der Waals surface area contributed by atoms with Crippen molar-refractivity contribution in [1.82, 2.24) is 10.9 Å². The molecule has 1 rings (SSSR count). The molecule has 9 heteroatoms. The summed E-state index contributed by atoms with van der Waals surface area (Å²) in [5.74, 6) is -5.31. The molecule has 0 spiro atoms. The van der Waals surface area contributed by atoms with Gasteiger partial charge in [-0.15, -0.1) is 0 Å². The minimum absolute atomic E-state index is 0.275. The molecule has 0 unspecified atom stereocenters. The summed E-state index contributed by atoms with van der Waals surface area (Å²) in [4.78, 5) is 22.3. The molecule has 0 aromatic heterocycles. The number of carbonyl (C=O) groups excluding carboxylic acids is 1. The predicted octanol–water partition coefficient (Wildman–Crippen LogP) is 0.141. The maximum absolute atomic E-state index is 13.0. The molecule has 1 amide bonds. The van der Waals surface area contributed by atoms with Crippen molar-refractivity contribution in [3.63, 3.8) is 0 Å². The number of halogens is 2. The van der Waals surface area contributed by atoms with Crippen molar-refractivity contribution in [1.29, 1.82) is 0 Å². The van der Waals surface area contributed by atoms with Crippen LogP contribution in [0.4, 0.5) is 8.78 Å². The molecular weight excluding hydrogens is 268 g/mol. The van der Waals surface area contributed by atoms with Crippen LogP contribution in [-0.2, 0) is 0 Å². The summed E-state index contributed by atoms with van der Waals surface area (Å²) in [5.41, 5.74) is 7.75. The number of aromatic carboxylic acids is 1. The first-order chi connectivity index (χ1) is 8.32. The monoisotopic (exact) mass is 275 g/mol. The van der Waals surface area contributed by atoms with E-state index in [1.807, 2.05) is 10.9 Å². The lowest BCUT2D eigenvalue weighted by atomic mass is 10.1. The van der Waals surface area contributed by atoms with E-state index >= 15 is 0 Å². The van der Waals surface area contributed by atoms with Gasteiger partial charge in [0.1, 0.15) is 0 Å². The van der Waals surface area contributed by atoms with E-state index in [1.54, 1.807) is 0 Å². The maximum Gasteiger partial charge on any atom is 0.336 e. The highest BCUT2D eigenvalue weighted by Gasteiger charge is 2.20. The Morgan fingerprint density at radius 3 is 2.11 bits per heavy atom. The van der Waals surface area contributed by atoms with Crippen molar-refractivity contribution in [2.75, 3.05) is 0 Å². The van der Waals surface area contributed by atoms with Crippen LogP contribution in [-0.4, -0.2) is 22.1 Å². The van der Waals surface area contributed by atoms with Gasteiger partial charge in [0, 0.05) is 0 Å². The van der Waals surface area contributed by atoms with E-state index < -0.39 is 34.6 Å². The van der Waals surface area contributed by atoms with Crippen molar-refractivity contribution in [2.24, 2.45) is 5.73 Å². The van der Waals surface area contributed by atoms with Crippen molar-refractivity contribution in [3.8, 4) is 0 Å². The molecule has 0 saturated heterocycles. The standard InChI is InChI=1S/C9H7F2N3O3S/c10-5-1-3(7(15)13-14-9(12)18)4(8(16)17)2-6(5)11/h1-2H,(H,13,15)(H,16,17)(H3,12,14,18). The highest BCUT2D eigenvalue weighted by Crippen LogP contribution is 2.15. The summed E-state index contributed by atoms with van der Waals surface area (Å²) in [6.07, 6.45) is 0. The van der Waals surface area contributed by atoms with Gasteiger partial charge in [-0.2, -0.15) is 0 Å². The first-order valence-electron chi connectivity index (χ1n) is 4.41. The Labute approximate surface area is 105 Å². The fourth-order valence-corrected chi connectivity index (χ4v) is 1.15. The van der Waals surface area contributed by atoms with Crippen molar-refractivity contribution >= 4 is 29.2 Å². The zero-order valence-electron chi connectivity index (χ0n) is 8.66. The third-order valence-electron chi connectivity index (χ3n) is 1.83. The van der Waals surface area contributed by atoms with E-state index in [4.69, 9.17) is 10.8 Å². The number of amides is 1. The molecule has 1 aromatic rings. The van der Waals surface area contributed by atoms with Gasteiger partial charge in [-0.3, -0.25) is 15.6 Å². The van der Waals surface area contributed by atoms with E-state index in [9.17, 15) is 18.4 Å². The first-order valence-corrected chi connectivity index (χ1v) is 4.82. The number of carboxylic acids is 1. The molecule has 0 aliphatic heterocycles. The second kappa shape index (κ2) is 5.36. The van der Waals surface area contributed by atoms with Crippen LogP contribution in [0.5, 0.6) is 0 Å². The van der Waals surface area contributed by atoms with Gasteiger partial charge in [-0.1, -0.05) is 0 Å². The van der Waals surface area contributed by atoms with E-state index in [2.05, 4.69) is 12.2 Å². The Balaban J connectivity index is 3.13. The predicted molar refractivity (Wildman–Crippen MR) is 60.7 cm³/mol. The molecule has 0 heterocycles. The second-order valence-corrected chi connectivity index (χ2v) is 3.50. The molecule has 0 atom stereocenters. The van der Waals surface area contributed by atoms with Gasteiger partial charge < -0.3 is 10.8 Å². The number of benzene rings is 1. The summed E-state index contributed by atoms with van der Waals surface area (Å²) in [6.45, 7) is 0. The normalized spacial score (nSPS) is 9.67. The number of rotatable bonds is 2. The smallest absolute Gasteiger partial charge is 0.336 e. The van der Waals surface area contributed by atoms with Crippen LogP contribution in [0, 0.1) is 11.6 Å². The van der Waals surface area contributed by atoms with Gasteiger partial charge in [-0.25, -0.2) is 13.6 Å². The number of hydrazine groups is 1. The number of nitrogens with one attached hydrogen (secondary N) is 2. The summed E-state index contributed by atoms with van der Waals surface area (Å²) in [6, 6.07) is 0.878. The highest BCUT2D eigenvalue weighted by atomic mass is 32.1. The van der Waals surface area contributed by atoms with Gasteiger partial charge in [0.15, 0.2) is 16.7 Å². The van der Waals surface area contributed by atoms with E-state index in [-0.39, 0.29) is 5.11 Å². The van der Waals surface area contributed by atoms with Crippen LogP contribution in [0.25, 0.3) is 0 Å². The number of hydrogen-bond donors (Lipinski definition) is 4. The summed E-state index contributed by atoms with van der Waals surface area (Å²) in [5, 5.41) is 8.49. The van der Waals surface area contributed by atoms with E-state index in [0.717, 1.165) is 0 Å². The number of nitrogens with two attached hydrogens (primary N) is 1. The summed E-state index contributed by atoms with van der Waals surface area (Å²) < 4.78 is 25.8. The molecule has 6 nitrogen and oxygen atoms in total. The maximum atomic E-state index is 13.0. The van der Waals surface area contributed by atoms with E-state index in [1.165, 1.54) is 0 Å². The highest BCUT2D eigenvalue weighted by molar-refractivity contribution is 7.80. The van der Waals surface area contributed by atoms with Crippen molar-refractivity contribution in [2.45, 2.75) is 0 Å². The zero-order chi connectivity index (χ0) is 13.9. The van der Waals surface area contributed by atoms with Crippen molar-refractivity contribution < 1.29 is 23.5 Å². The molecule has 5 N–H and O–H groups in total. The average Bonchev–Trinajstić information content (AvgIpc) is 2.28. The van der Waals surface area contributed by atoms with Crippen LogP contribution in [0.1, 0.15) is 20.7 Å². The molecule has 0 saturated carbocycles. The summed E-state index contributed by atoms with van der Waals surface area (Å²) in [7, 11) is 0. The number of carbonyl (C=O) groups is 2. The molecule has 1 aromatic carbocycles. The third kappa shape index (κ3) is 3.10. The van der Waals surface area contributed by atoms with Gasteiger partial charge in [0.2, 0.25) is 0 Å². The number of hydrogen-bond acceptors (Lipinski definition) is 3. The van der Waals surface area contributed by atoms with Gasteiger partial charge in [0.05, 0.1) is 11.1 Å². The van der Waals surface area contributed by atoms with Crippen LogP contribution in [0.2, 0.25) is 0 Å². The Kier molecular flexibility index (Phi) is 4.10. The van der Waals surface area contributed by atoms with Crippen LogP contribution < -0.4 is 16.6 Å². The number of carboxylic acid groups (broad SMARTS) is 1. The third-order valence-corrected chi connectivity index (χ3v) is 1.94. The molecule has 0 bridgehead atoms. The Bertz CT molecular complexity index is 536. The Hall–Kier alpha value is -2.29. The fourth-order valence-electron chi connectivity index (χ4n) is 1.10. The molecule has 0 radical (unpaired) electrons. The summed E-state index contributed by atoms with van der Waals surface area (Å²) >= 11 is 4.40. The lowest BCUT2D eigenvalue weighted by Crippen LogP contribution is -2.44. The average molecular weight is 275 g/mol. The van der Waals surface area contributed by atoms with Crippen LogP contribution in [0.3, 0.4) is 0 Å². The van der Waals surface area contributed by atoms with Crippen molar-refractivity contribution in [3.05, 3.63) is 34.9 Å². The molecule has 0 aliphatic carbocycles.